The summed E-state index contributed by atoms with van der Waals surface area (Å²) in [5.41, 5.74) is 2.21. The molecule has 0 bridgehead atoms. The fourth-order valence-corrected chi connectivity index (χ4v) is 3.15. The summed E-state index contributed by atoms with van der Waals surface area (Å²) >= 11 is 0. The molecule has 0 unspecified atom stereocenters. The number of rotatable bonds is 5. The molecule has 29 heavy (non-hydrogen) atoms. The molecule has 2 heterocycles. The monoisotopic (exact) mass is 390 g/mol. The number of hydrogen-bond donors (Lipinski definition) is 2. The molecule has 0 aliphatic carbocycles. The first-order valence-electron chi connectivity index (χ1n) is 8.50. The molecule has 9 heteroatoms. The van der Waals surface area contributed by atoms with Gasteiger partial charge in [0, 0.05) is 23.3 Å². The zero-order valence-electron chi connectivity index (χ0n) is 15.1. The van der Waals surface area contributed by atoms with Gasteiger partial charge >= 0.3 is 5.97 Å². The highest BCUT2D eigenvalue weighted by Gasteiger charge is 2.21. The Morgan fingerprint density at radius 1 is 1.17 bits per heavy atom. The average Bonchev–Trinajstić information content (AvgIpc) is 3.17. The molecule has 0 atom stereocenters. The molecule has 0 saturated carbocycles. The van der Waals surface area contributed by atoms with Crippen LogP contribution >= 0.6 is 0 Å². The van der Waals surface area contributed by atoms with E-state index < -0.39 is 10.9 Å². The van der Waals surface area contributed by atoms with Crippen LogP contribution in [0.3, 0.4) is 0 Å². The number of carbonyl (C=O) groups is 1. The Hall–Kier alpha value is -4.27. The fourth-order valence-electron chi connectivity index (χ4n) is 3.15. The summed E-state index contributed by atoms with van der Waals surface area (Å²) in [4.78, 5) is 26.8. The molecule has 0 radical (unpaired) electrons. The first-order chi connectivity index (χ1) is 14.0. The van der Waals surface area contributed by atoms with E-state index in [-0.39, 0.29) is 16.9 Å². The number of ether oxygens (including phenoxy) is 1. The Labute approximate surface area is 163 Å². The third-order valence-corrected chi connectivity index (χ3v) is 4.50. The van der Waals surface area contributed by atoms with Crippen molar-refractivity contribution >= 4 is 22.7 Å². The van der Waals surface area contributed by atoms with Crippen LogP contribution in [0.4, 0.5) is 5.69 Å². The van der Waals surface area contributed by atoms with E-state index in [0.29, 0.717) is 33.7 Å². The molecule has 0 fully saturated rings. The summed E-state index contributed by atoms with van der Waals surface area (Å²) in [7, 11) is 1.52. The third-order valence-electron chi connectivity index (χ3n) is 4.50. The van der Waals surface area contributed by atoms with Crippen molar-refractivity contribution in [1.29, 1.82) is 0 Å². The number of para-hydroxylation sites is 1. The number of hydrogen-bond acceptors (Lipinski definition) is 6. The molecule has 2 aromatic carbocycles. The minimum absolute atomic E-state index is 0.0120. The van der Waals surface area contributed by atoms with Crippen LogP contribution in [0.1, 0.15) is 10.4 Å². The van der Waals surface area contributed by atoms with Gasteiger partial charge in [-0.25, -0.2) is 9.78 Å². The van der Waals surface area contributed by atoms with Crippen LogP contribution in [0.5, 0.6) is 5.75 Å². The molecule has 0 spiro atoms. The number of nitro benzene ring substituents is 1. The van der Waals surface area contributed by atoms with Crippen molar-refractivity contribution in [3.63, 3.8) is 0 Å². The van der Waals surface area contributed by atoms with E-state index in [4.69, 9.17) is 4.74 Å². The minimum Gasteiger partial charge on any atom is -0.496 e. The summed E-state index contributed by atoms with van der Waals surface area (Å²) in [5, 5.41) is 28.0. The second-order valence-electron chi connectivity index (χ2n) is 6.16. The molecule has 2 N–H and O–H groups in total. The molecule has 4 aromatic rings. The van der Waals surface area contributed by atoms with Crippen molar-refractivity contribution in [2.45, 2.75) is 0 Å². The molecule has 2 aromatic heterocycles. The van der Waals surface area contributed by atoms with Crippen LogP contribution in [0.15, 0.2) is 54.6 Å². The van der Waals surface area contributed by atoms with E-state index in [1.807, 2.05) is 0 Å². The minimum atomic E-state index is -1.14. The normalized spacial score (nSPS) is 10.8. The third kappa shape index (κ3) is 3.14. The van der Waals surface area contributed by atoms with Crippen LogP contribution in [-0.4, -0.2) is 38.3 Å². The number of benzene rings is 2. The van der Waals surface area contributed by atoms with Gasteiger partial charge in [0.2, 0.25) is 0 Å². The zero-order valence-corrected chi connectivity index (χ0v) is 15.1. The van der Waals surface area contributed by atoms with E-state index in [0.717, 1.165) is 0 Å². The van der Waals surface area contributed by atoms with Crippen molar-refractivity contribution in [2.75, 3.05) is 7.11 Å². The molecular formula is C20H14N4O5. The number of H-pyrrole nitrogens is 1. The maximum atomic E-state index is 12.0. The molecule has 0 aliphatic heterocycles. The van der Waals surface area contributed by atoms with Gasteiger partial charge in [-0.3, -0.25) is 15.2 Å². The van der Waals surface area contributed by atoms with Crippen LogP contribution in [0, 0.1) is 10.1 Å². The van der Waals surface area contributed by atoms with Gasteiger partial charge in [0.15, 0.2) is 5.65 Å². The second-order valence-corrected chi connectivity index (χ2v) is 6.16. The molecule has 144 valence electrons. The van der Waals surface area contributed by atoms with Crippen LogP contribution in [-0.2, 0) is 0 Å². The summed E-state index contributed by atoms with van der Waals surface area (Å²) in [6.07, 6.45) is 0. The summed E-state index contributed by atoms with van der Waals surface area (Å²) in [6, 6.07) is 14.4. The number of carboxylic acids is 1. The van der Waals surface area contributed by atoms with Crippen molar-refractivity contribution in [1.82, 2.24) is 15.2 Å². The first-order valence-corrected chi connectivity index (χ1v) is 8.50. The van der Waals surface area contributed by atoms with Gasteiger partial charge in [0.1, 0.15) is 5.75 Å². The number of nitrogens with one attached hydrogen (secondary N) is 1. The lowest BCUT2D eigenvalue weighted by Gasteiger charge is -2.09. The van der Waals surface area contributed by atoms with Gasteiger partial charge < -0.3 is 9.84 Å². The molecule has 0 amide bonds. The van der Waals surface area contributed by atoms with Crippen molar-refractivity contribution in [3.8, 4) is 28.3 Å². The van der Waals surface area contributed by atoms with Crippen molar-refractivity contribution in [3.05, 3.63) is 70.3 Å². The van der Waals surface area contributed by atoms with Gasteiger partial charge in [-0.15, -0.1) is 0 Å². The van der Waals surface area contributed by atoms with Gasteiger partial charge in [-0.05, 0) is 30.3 Å². The Kier molecular flexibility index (Phi) is 4.40. The number of pyridine rings is 1. The predicted octanol–water partition coefficient (Wildman–Crippen LogP) is 3.91. The molecule has 0 aliphatic rings. The lowest BCUT2D eigenvalue weighted by Crippen LogP contribution is -2.01. The van der Waals surface area contributed by atoms with E-state index in [1.54, 1.807) is 24.3 Å². The van der Waals surface area contributed by atoms with Crippen molar-refractivity contribution in [2.24, 2.45) is 0 Å². The first kappa shape index (κ1) is 18.1. The number of carboxylic acid groups (broad SMARTS) is 1. The van der Waals surface area contributed by atoms with E-state index in [2.05, 4.69) is 15.2 Å². The number of aromatic nitrogens is 3. The van der Waals surface area contributed by atoms with Gasteiger partial charge in [-0.2, -0.15) is 5.10 Å². The summed E-state index contributed by atoms with van der Waals surface area (Å²) in [6.45, 7) is 0. The standard InChI is InChI=1S/C20H14N4O5/c1-29-16-5-3-2-4-13(16)15-10-14(20(25)26)17-18(22-23-19(17)21-15)11-6-8-12(9-7-11)24(27)28/h2-10H,1H3,(H,25,26)(H,21,22,23). The molecule has 0 saturated heterocycles. The van der Waals surface area contributed by atoms with Gasteiger partial charge in [0.25, 0.3) is 5.69 Å². The summed E-state index contributed by atoms with van der Waals surface area (Å²) < 4.78 is 5.35. The molecule has 9 nitrogen and oxygen atoms in total. The van der Waals surface area contributed by atoms with Crippen LogP contribution in [0.2, 0.25) is 0 Å². The van der Waals surface area contributed by atoms with Gasteiger partial charge in [-0.1, -0.05) is 12.1 Å². The largest absolute Gasteiger partial charge is 0.496 e. The number of aromatic carboxylic acids is 1. The Bertz CT molecular complexity index is 1250. The average molecular weight is 390 g/mol. The van der Waals surface area contributed by atoms with E-state index >= 15 is 0 Å². The quantitative estimate of drug-likeness (QED) is 0.390. The SMILES string of the molecule is COc1ccccc1-c1cc(C(=O)O)c2c(-c3ccc([N+](=O)[O-])cc3)[nH]nc2n1. The number of nitro groups is 1. The number of methoxy groups -OCH3 is 1. The lowest BCUT2D eigenvalue weighted by molar-refractivity contribution is -0.384. The van der Waals surface area contributed by atoms with Crippen molar-refractivity contribution < 1.29 is 19.6 Å². The maximum absolute atomic E-state index is 12.0. The second kappa shape index (κ2) is 7.04. The topological polar surface area (TPSA) is 131 Å². The fraction of sp³-hybridized carbons (Fsp3) is 0.0500. The number of nitrogens with zero attached hydrogens (tertiary/aromatic N) is 3. The lowest BCUT2D eigenvalue weighted by atomic mass is 10.0. The number of non-ortho nitro benzene ring substituents is 1. The predicted molar refractivity (Wildman–Crippen MR) is 105 cm³/mol. The number of aromatic amines is 1. The van der Waals surface area contributed by atoms with Crippen LogP contribution in [0.25, 0.3) is 33.5 Å². The Morgan fingerprint density at radius 2 is 1.90 bits per heavy atom. The van der Waals surface area contributed by atoms with E-state index in [9.17, 15) is 20.0 Å². The molecular weight excluding hydrogens is 376 g/mol. The van der Waals surface area contributed by atoms with Gasteiger partial charge in [0.05, 0.1) is 34.4 Å². The smallest absolute Gasteiger partial charge is 0.336 e. The maximum Gasteiger partial charge on any atom is 0.336 e. The van der Waals surface area contributed by atoms with E-state index in [1.165, 1.54) is 37.4 Å². The Morgan fingerprint density at radius 3 is 2.55 bits per heavy atom. The highest BCUT2D eigenvalue weighted by molar-refractivity contribution is 6.08. The highest BCUT2D eigenvalue weighted by atomic mass is 16.6. The summed E-state index contributed by atoms with van der Waals surface area (Å²) in [5.74, 6) is -0.583. The van der Waals surface area contributed by atoms with Crippen LogP contribution < -0.4 is 4.74 Å². The zero-order chi connectivity index (χ0) is 20.5. The molecule has 4 rings (SSSR count). The Balaban J connectivity index is 1.92. The number of fused-ring (bicyclic) bond motifs is 1. The highest BCUT2D eigenvalue weighted by Crippen LogP contribution is 2.34.